The number of rotatable bonds is 8. The fraction of sp³-hybridized carbons (Fsp3) is 0.172. The summed E-state index contributed by atoms with van der Waals surface area (Å²) in [5, 5.41) is 10.9. The zero-order chi connectivity index (χ0) is 23.9. The van der Waals surface area contributed by atoms with Crippen LogP contribution in [0.3, 0.4) is 0 Å². The van der Waals surface area contributed by atoms with E-state index in [2.05, 4.69) is 0 Å². The van der Waals surface area contributed by atoms with E-state index in [0.717, 1.165) is 29.2 Å². The Balaban J connectivity index is 1.65. The van der Waals surface area contributed by atoms with E-state index in [0.29, 0.717) is 29.8 Å². The van der Waals surface area contributed by atoms with Gasteiger partial charge in [-0.1, -0.05) is 61.9 Å². The van der Waals surface area contributed by atoms with Crippen LogP contribution >= 0.6 is 0 Å². The minimum atomic E-state index is -0.594. The third kappa shape index (κ3) is 5.44. The Bertz CT molecular complexity index is 1270. The standard InChI is InChI=1S/C29H27NO4/c1-3-11-25-28(31)27(29(32)34-23-15-8-5-9-16-23)20(2)26(30-25)19-21-12-10-17-24(18-21)33-22-13-6-4-7-14-22/h4-10,12-18,31H,3,11,19H2,1-2H3. The molecule has 0 aliphatic heterocycles. The van der Waals surface area contributed by atoms with Gasteiger partial charge in [-0.2, -0.15) is 0 Å². The zero-order valence-corrected chi connectivity index (χ0v) is 19.3. The molecule has 4 rings (SSSR count). The number of benzene rings is 3. The zero-order valence-electron chi connectivity index (χ0n) is 19.3. The van der Waals surface area contributed by atoms with Gasteiger partial charge in [-0.3, -0.25) is 4.98 Å². The molecule has 0 saturated carbocycles. The van der Waals surface area contributed by atoms with Gasteiger partial charge in [0, 0.05) is 12.1 Å². The summed E-state index contributed by atoms with van der Waals surface area (Å²) in [6.07, 6.45) is 1.83. The minimum absolute atomic E-state index is 0.106. The summed E-state index contributed by atoms with van der Waals surface area (Å²) >= 11 is 0. The maximum absolute atomic E-state index is 13.0. The van der Waals surface area contributed by atoms with Gasteiger partial charge >= 0.3 is 5.97 Å². The molecule has 5 nitrogen and oxygen atoms in total. The minimum Gasteiger partial charge on any atom is -0.505 e. The van der Waals surface area contributed by atoms with Crippen molar-refractivity contribution in [3.05, 3.63) is 113 Å². The van der Waals surface area contributed by atoms with Gasteiger partial charge in [-0.15, -0.1) is 0 Å². The van der Waals surface area contributed by atoms with Crippen LogP contribution in [0.25, 0.3) is 0 Å². The lowest BCUT2D eigenvalue weighted by Gasteiger charge is -2.16. The Morgan fingerprint density at radius 3 is 2.18 bits per heavy atom. The van der Waals surface area contributed by atoms with Gasteiger partial charge < -0.3 is 14.6 Å². The van der Waals surface area contributed by atoms with Crippen LogP contribution in [-0.2, 0) is 12.8 Å². The highest BCUT2D eigenvalue weighted by Crippen LogP contribution is 2.31. The average molecular weight is 454 g/mol. The molecule has 0 aliphatic rings. The molecule has 34 heavy (non-hydrogen) atoms. The molecule has 0 spiro atoms. The normalized spacial score (nSPS) is 10.6. The summed E-state index contributed by atoms with van der Waals surface area (Å²) in [6.45, 7) is 3.80. The smallest absolute Gasteiger partial charge is 0.347 e. The SMILES string of the molecule is CCCc1nc(Cc2cccc(Oc3ccccc3)c2)c(C)c(C(=O)Oc2ccccc2)c1O. The Kier molecular flexibility index (Phi) is 7.23. The van der Waals surface area contributed by atoms with Gasteiger partial charge in [-0.05, 0) is 60.9 Å². The predicted molar refractivity (Wildman–Crippen MR) is 132 cm³/mol. The van der Waals surface area contributed by atoms with Crippen LogP contribution in [-0.4, -0.2) is 16.1 Å². The van der Waals surface area contributed by atoms with Crippen LogP contribution in [0, 0.1) is 6.92 Å². The number of esters is 1. The first-order chi connectivity index (χ1) is 16.5. The molecule has 0 amide bonds. The van der Waals surface area contributed by atoms with E-state index in [1.807, 2.05) is 67.6 Å². The summed E-state index contributed by atoms with van der Waals surface area (Å²) in [4.78, 5) is 17.8. The Labute approximate surface area is 199 Å². The summed E-state index contributed by atoms with van der Waals surface area (Å²) < 4.78 is 11.5. The molecule has 1 N–H and O–H groups in total. The maximum atomic E-state index is 13.0. The number of pyridine rings is 1. The van der Waals surface area contributed by atoms with Crippen molar-refractivity contribution in [2.45, 2.75) is 33.1 Å². The third-order valence-electron chi connectivity index (χ3n) is 5.48. The predicted octanol–water partition coefficient (Wildman–Crippen LogP) is 6.65. The average Bonchev–Trinajstić information content (AvgIpc) is 2.84. The molecule has 0 bridgehead atoms. The highest BCUT2D eigenvalue weighted by Gasteiger charge is 2.24. The van der Waals surface area contributed by atoms with Crippen molar-refractivity contribution in [3.63, 3.8) is 0 Å². The molecule has 3 aromatic carbocycles. The van der Waals surface area contributed by atoms with Crippen molar-refractivity contribution in [2.24, 2.45) is 0 Å². The number of hydrogen-bond acceptors (Lipinski definition) is 5. The van der Waals surface area contributed by atoms with Gasteiger partial charge in [0.2, 0.25) is 0 Å². The monoisotopic (exact) mass is 453 g/mol. The van der Waals surface area contributed by atoms with Crippen LogP contribution in [0.4, 0.5) is 0 Å². The Morgan fingerprint density at radius 1 is 0.853 bits per heavy atom. The molecule has 172 valence electrons. The first-order valence-corrected chi connectivity index (χ1v) is 11.4. The van der Waals surface area contributed by atoms with Crippen molar-refractivity contribution in [2.75, 3.05) is 0 Å². The lowest BCUT2D eigenvalue weighted by molar-refractivity contribution is 0.0730. The van der Waals surface area contributed by atoms with Crippen LogP contribution in [0.1, 0.15) is 46.2 Å². The van der Waals surface area contributed by atoms with Crippen LogP contribution in [0.2, 0.25) is 0 Å². The lowest BCUT2D eigenvalue weighted by Crippen LogP contribution is -2.15. The molecular formula is C29H27NO4. The summed E-state index contributed by atoms with van der Waals surface area (Å²) in [7, 11) is 0. The van der Waals surface area contributed by atoms with E-state index in [-0.39, 0.29) is 11.3 Å². The van der Waals surface area contributed by atoms with E-state index in [1.54, 1.807) is 31.2 Å². The van der Waals surface area contributed by atoms with Gasteiger partial charge in [0.15, 0.2) is 5.75 Å². The second-order valence-corrected chi connectivity index (χ2v) is 8.05. The second kappa shape index (κ2) is 10.7. The first-order valence-electron chi connectivity index (χ1n) is 11.4. The van der Waals surface area contributed by atoms with Crippen molar-refractivity contribution in [3.8, 4) is 23.0 Å². The van der Waals surface area contributed by atoms with Crippen molar-refractivity contribution in [1.29, 1.82) is 0 Å². The quantitative estimate of drug-likeness (QED) is 0.239. The number of aromatic hydroxyl groups is 1. The van der Waals surface area contributed by atoms with Crippen molar-refractivity contribution in [1.82, 2.24) is 4.98 Å². The molecule has 0 aliphatic carbocycles. The number of hydrogen-bond donors (Lipinski definition) is 1. The largest absolute Gasteiger partial charge is 0.505 e. The Hall–Kier alpha value is -4.12. The van der Waals surface area contributed by atoms with E-state index >= 15 is 0 Å². The van der Waals surface area contributed by atoms with Gasteiger partial charge in [-0.25, -0.2) is 4.79 Å². The Morgan fingerprint density at radius 2 is 1.50 bits per heavy atom. The van der Waals surface area contributed by atoms with Gasteiger partial charge in [0.05, 0.1) is 5.69 Å². The van der Waals surface area contributed by atoms with Gasteiger partial charge in [0.1, 0.15) is 22.8 Å². The fourth-order valence-corrected chi connectivity index (χ4v) is 3.78. The number of aryl methyl sites for hydroxylation is 1. The number of aromatic nitrogens is 1. The van der Waals surface area contributed by atoms with Crippen LogP contribution in [0.5, 0.6) is 23.0 Å². The lowest BCUT2D eigenvalue weighted by atomic mass is 9.98. The molecule has 1 heterocycles. The first kappa shape index (κ1) is 23.1. The van der Waals surface area contributed by atoms with Crippen molar-refractivity contribution < 1.29 is 19.4 Å². The molecule has 5 heteroatoms. The number of ether oxygens (including phenoxy) is 2. The molecule has 1 aromatic heterocycles. The molecule has 0 saturated heterocycles. The number of para-hydroxylation sites is 2. The molecule has 0 unspecified atom stereocenters. The van der Waals surface area contributed by atoms with Crippen LogP contribution < -0.4 is 9.47 Å². The van der Waals surface area contributed by atoms with Crippen molar-refractivity contribution >= 4 is 5.97 Å². The topological polar surface area (TPSA) is 68.7 Å². The highest BCUT2D eigenvalue weighted by molar-refractivity contribution is 5.96. The molecule has 0 atom stereocenters. The third-order valence-corrected chi connectivity index (χ3v) is 5.48. The van der Waals surface area contributed by atoms with E-state index in [1.165, 1.54) is 0 Å². The molecule has 0 radical (unpaired) electrons. The highest BCUT2D eigenvalue weighted by atomic mass is 16.5. The maximum Gasteiger partial charge on any atom is 0.347 e. The number of carbonyl (C=O) groups excluding carboxylic acids is 1. The van der Waals surface area contributed by atoms with E-state index in [9.17, 15) is 9.90 Å². The van der Waals surface area contributed by atoms with E-state index in [4.69, 9.17) is 14.5 Å². The molecule has 0 fully saturated rings. The summed E-state index contributed by atoms with van der Waals surface area (Å²) in [5.74, 6) is 1.20. The van der Waals surface area contributed by atoms with Gasteiger partial charge in [0.25, 0.3) is 0 Å². The number of carbonyl (C=O) groups is 1. The molecule has 4 aromatic rings. The summed E-state index contributed by atoms with van der Waals surface area (Å²) in [6, 6.07) is 26.2. The number of nitrogens with zero attached hydrogens (tertiary/aromatic N) is 1. The molecular weight excluding hydrogens is 426 g/mol. The fourth-order valence-electron chi connectivity index (χ4n) is 3.78. The summed E-state index contributed by atoms with van der Waals surface area (Å²) in [5.41, 5.74) is 2.97. The van der Waals surface area contributed by atoms with E-state index < -0.39 is 5.97 Å². The van der Waals surface area contributed by atoms with Crippen LogP contribution in [0.15, 0.2) is 84.9 Å². The second-order valence-electron chi connectivity index (χ2n) is 8.05.